The first-order valence-corrected chi connectivity index (χ1v) is 8.68. The molecule has 1 amide bonds. The average Bonchev–Trinajstić information content (AvgIpc) is 2.63. The van der Waals surface area contributed by atoms with Crippen LogP contribution in [-0.4, -0.2) is 50.7 Å². The van der Waals surface area contributed by atoms with Crippen LogP contribution in [0.25, 0.3) is 0 Å². The van der Waals surface area contributed by atoms with Crippen LogP contribution in [0.2, 0.25) is 0 Å². The molecule has 6 nitrogen and oxygen atoms in total. The zero-order valence-electron chi connectivity index (χ0n) is 15.2. The number of rotatable bonds is 7. The van der Waals surface area contributed by atoms with E-state index >= 15 is 0 Å². The monoisotopic (exact) mass is 349 g/mol. The number of methoxy groups -OCH3 is 2. The summed E-state index contributed by atoms with van der Waals surface area (Å²) in [6.45, 7) is 3.45. The van der Waals surface area contributed by atoms with Gasteiger partial charge in [-0.2, -0.15) is 0 Å². The Morgan fingerprint density at radius 3 is 2.72 bits per heavy atom. The molecule has 1 aliphatic heterocycles. The number of para-hydroxylation sites is 1. The molecule has 0 saturated carbocycles. The second-order valence-corrected chi connectivity index (χ2v) is 6.40. The van der Waals surface area contributed by atoms with E-state index in [0.717, 1.165) is 31.5 Å². The van der Waals surface area contributed by atoms with Gasteiger partial charge >= 0.3 is 5.97 Å². The van der Waals surface area contributed by atoms with E-state index in [9.17, 15) is 9.59 Å². The minimum Gasteiger partial charge on any atom is -0.493 e. The molecule has 6 heteroatoms. The van der Waals surface area contributed by atoms with Gasteiger partial charge in [0.15, 0.2) is 18.1 Å². The fourth-order valence-corrected chi connectivity index (χ4v) is 3.11. The molecule has 0 bridgehead atoms. The molecule has 0 aromatic heterocycles. The van der Waals surface area contributed by atoms with Crippen molar-refractivity contribution in [2.45, 2.75) is 32.6 Å². The van der Waals surface area contributed by atoms with Crippen LogP contribution < -0.4 is 9.47 Å². The van der Waals surface area contributed by atoms with Crippen LogP contribution in [0.1, 0.15) is 31.7 Å². The number of benzene rings is 1. The highest BCUT2D eigenvalue weighted by molar-refractivity contribution is 5.80. The number of piperidine rings is 1. The van der Waals surface area contributed by atoms with E-state index in [1.54, 1.807) is 25.2 Å². The molecule has 0 spiro atoms. The van der Waals surface area contributed by atoms with Gasteiger partial charge in [0.05, 0.1) is 14.2 Å². The fraction of sp³-hybridized carbons (Fsp3) is 0.579. The number of hydrogen-bond acceptors (Lipinski definition) is 5. The molecule has 0 aliphatic carbocycles. The molecule has 1 fully saturated rings. The van der Waals surface area contributed by atoms with E-state index in [4.69, 9.17) is 14.2 Å². The molecular formula is C19H27NO5. The lowest BCUT2D eigenvalue weighted by Gasteiger charge is -2.30. The lowest BCUT2D eigenvalue weighted by molar-refractivity contribution is -0.152. The average molecular weight is 349 g/mol. The number of carbonyl (C=O) groups is 2. The third kappa shape index (κ3) is 5.37. The first kappa shape index (κ1) is 19.1. The van der Waals surface area contributed by atoms with Crippen LogP contribution >= 0.6 is 0 Å². The summed E-state index contributed by atoms with van der Waals surface area (Å²) in [6, 6.07) is 5.54. The van der Waals surface area contributed by atoms with Gasteiger partial charge in [-0.15, -0.1) is 0 Å². The number of ether oxygens (including phenoxy) is 3. The SMILES string of the molecule is COc1cccc(CCC(=O)OCC(=O)N2CCCC(C)C2)c1OC. The van der Waals surface area contributed by atoms with Gasteiger partial charge in [-0.05, 0) is 36.8 Å². The molecule has 0 N–H and O–H groups in total. The van der Waals surface area contributed by atoms with Crippen molar-refractivity contribution in [2.75, 3.05) is 33.9 Å². The molecule has 0 radical (unpaired) electrons. The molecule has 1 unspecified atom stereocenters. The third-order valence-corrected chi connectivity index (χ3v) is 4.45. The molecule has 1 heterocycles. The van der Waals surface area contributed by atoms with Crippen LogP contribution in [0.3, 0.4) is 0 Å². The van der Waals surface area contributed by atoms with Crippen LogP contribution in [0.15, 0.2) is 18.2 Å². The second kappa shape index (κ2) is 9.30. The lowest BCUT2D eigenvalue weighted by atomic mass is 10.0. The van der Waals surface area contributed by atoms with Crippen molar-refractivity contribution >= 4 is 11.9 Å². The van der Waals surface area contributed by atoms with E-state index in [-0.39, 0.29) is 24.9 Å². The van der Waals surface area contributed by atoms with Gasteiger partial charge in [0.25, 0.3) is 5.91 Å². The zero-order valence-corrected chi connectivity index (χ0v) is 15.2. The first-order valence-electron chi connectivity index (χ1n) is 8.68. The number of amides is 1. The van der Waals surface area contributed by atoms with Gasteiger partial charge in [-0.3, -0.25) is 9.59 Å². The van der Waals surface area contributed by atoms with Gasteiger partial charge in [0.2, 0.25) is 0 Å². The Labute approximate surface area is 149 Å². The number of likely N-dealkylation sites (tertiary alicyclic amines) is 1. The van der Waals surface area contributed by atoms with Crippen LogP contribution in [0.5, 0.6) is 11.5 Å². The van der Waals surface area contributed by atoms with E-state index in [1.807, 2.05) is 12.1 Å². The van der Waals surface area contributed by atoms with E-state index in [2.05, 4.69) is 6.92 Å². The molecule has 1 aromatic carbocycles. The first-order chi connectivity index (χ1) is 12.0. The molecule has 25 heavy (non-hydrogen) atoms. The predicted molar refractivity (Wildman–Crippen MR) is 93.8 cm³/mol. The predicted octanol–water partition coefficient (Wildman–Crippen LogP) is 2.44. The molecular weight excluding hydrogens is 322 g/mol. The Morgan fingerprint density at radius 2 is 2.04 bits per heavy atom. The molecule has 1 atom stereocenters. The van der Waals surface area contributed by atoms with Gasteiger partial charge in [0.1, 0.15) is 0 Å². The smallest absolute Gasteiger partial charge is 0.306 e. The lowest BCUT2D eigenvalue weighted by Crippen LogP contribution is -2.41. The maximum absolute atomic E-state index is 12.1. The summed E-state index contributed by atoms with van der Waals surface area (Å²) >= 11 is 0. The summed E-state index contributed by atoms with van der Waals surface area (Å²) < 4.78 is 15.7. The van der Waals surface area contributed by atoms with Gasteiger partial charge in [-0.1, -0.05) is 19.1 Å². The third-order valence-electron chi connectivity index (χ3n) is 4.45. The Bertz CT molecular complexity index is 601. The zero-order chi connectivity index (χ0) is 18.2. The van der Waals surface area contributed by atoms with Crippen molar-refractivity contribution in [1.82, 2.24) is 4.90 Å². The summed E-state index contributed by atoms with van der Waals surface area (Å²) in [5.41, 5.74) is 0.870. The summed E-state index contributed by atoms with van der Waals surface area (Å²) in [5.74, 6) is 1.26. The maximum atomic E-state index is 12.1. The van der Waals surface area contributed by atoms with Crippen molar-refractivity contribution in [2.24, 2.45) is 5.92 Å². The van der Waals surface area contributed by atoms with Crippen LogP contribution in [-0.2, 0) is 20.7 Å². The van der Waals surface area contributed by atoms with Crippen molar-refractivity contribution in [3.05, 3.63) is 23.8 Å². The topological polar surface area (TPSA) is 65.1 Å². The number of nitrogens with zero attached hydrogens (tertiary/aromatic N) is 1. The van der Waals surface area contributed by atoms with Crippen molar-refractivity contribution in [3.63, 3.8) is 0 Å². The van der Waals surface area contributed by atoms with E-state index in [1.165, 1.54) is 0 Å². The van der Waals surface area contributed by atoms with Crippen molar-refractivity contribution in [3.8, 4) is 11.5 Å². The number of esters is 1. The number of aryl methyl sites for hydroxylation is 1. The highest BCUT2D eigenvalue weighted by atomic mass is 16.5. The standard InChI is InChI=1S/C19H27NO5/c1-14-6-5-11-20(12-14)17(21)13-25-18(22)10-9-15-7-4-8-16(23-2)19(15)24-3/h4,7-8,14H,5-6,9-13H2,1-3H3. The summed E-state index contributed by atoms with van der Waals surface area (Å²) in [6.07, 6.45) is 2.81. The quantitative estimate of drug-likeness (QED) is 0.708. The highest BCUT2D eigenvalue weighted by Gasteiger charge is 2.22. The molecule has 138 valence electrons. The summed E-state index contributed by atoms with van der Waals surface area (Å²) in [7, 11) is 3.14. The van der Waals surface area contributed by atoms with Gasteiger partial charge < -0.3 is 19.1 Å². The van der Waals surface area contributed by atoms with Crippen molar-refractivity contribution in [1.29, 1.82) is 0 Å². The van der Waals surface area contributed by atoms with E-state index < -0.39 is 0 Å². The second-order valence-electron chi connectivity index (χ2n) is 6.40. The number of carbonyl (C=O) groups excluding carboxylic acids is 2. The Morgan fingerprint density at radius 1 is 1.24 bits per heavy atom. The molecule has 1 aliphatic rings. The molecule has 1 saturated heterocycles. The highest BCUT2D eigenvalue weighted by Crippen LogP contribution is 2.31. The van der Waals surface area contributed by atoms with E-state index in [0.29, 0.717) is 23.8 Å². The van der Waals surface area contributed by atoms with Crippen molar-refractivity contribution < 1.29 is 23.8 Å². The van der Waals surface area contributed by atoms with Crippen LogP contribution in [0.4, 0.5) is 0 Å². The molecule has 2 rings (SSSR count). The van der Waals surface area contributed by atoms with Gasteiger partial charge in [0, 0.05) is 19.5 Å². The largest absolute Gasteiger partial charge is 0.493 e. The summed E-state index contributed by atoms with van der Waals surface area (Å²) in [5, 5.41) is 0. The van der Waals surface area contributed by atoms with Crippen LogP contribution in [0, 0.1) is 5.92 Å². The fourth-order valence-electron chi connectivity index (χ4n) is 3.11. The molecule has 1 aromatic rings. The minimum absolute atomic E-state index is 0.112. The number of hydrogen-bond donors (Lipinski definition) is 0. The minimum atomic E-state index is -0.386. The normalized spacial score (nSPS) is 17.1. The van der Waals surface area contributed by atoms with Gasteiger partial charge in [-0.25, -0.2) is 0 Å². The maximum Gasteiger partial charge on any atom is 0.306 e. The summed E-state index contributed by atoms with van der Waals surface area (Å²) in [4.78, 5) is 25.9. The Balaban J connectivity index is 1.80. The Kier molecular flexibility index (Phi) is 7.10. The Hall–Kier alpha value is -2.24.